The van der Waals surface area contributed by atoms with Crippen molar-refractivity contribution in [2.24, 2.45) is 0 Å². The van der Waals surface area contributed by atoms with Gasteiger partial charge in [0, 0.05) is 18.8 Å². The fourth-order valence-electron chi connectivity index (χ4n) is 2.45. The second-order valence-corrected chi connectivity index (χ2v) is 4.68. The molecule has 20 heavy (non-hydrogen) atoms. The first kappa shape index (κ1) is 12.7. The molecule has 0 unspecified atom stereocenters. The second-order valence-electron chi connectivity index (χ2n) is 4.68. The molecule has 0 spiro atoms. The maximum Gasteiger partial charge on any atom is 0.113 e. The van der Waals surface area contributed by atoms with Crippen LogP contribution in [0.4, 0.5) is 5.69 Å². The zero-order valence-electron chi connectivity index (χ0n) is 11.8. The third-order valence-electron chi connectivity index (χ3n) is 3.57. The summed E-state index contributed by atoms with van der Waals surface area (Å²) < 4.78 is 1.88. The van der Waals surface area contributed by atoms with Gasteiger partial charge >= 0.3 is 0 Å². The third-order valence-corrected chi connectivity index (χ3v) is 3.57. The van der Waals surface area contributed by atoms with E-state index in [-0.39, 0.29) is 0 Å². The Hall–Kier alpha value is -2.36. The van der Waals surface area contributed by atoms with E-state index in [1.807, 2.05) is 28.9 Å². The predicted octanol–water partition coefficient (Wildman–Crippen LogP) is 3.27. The maximum atomic E-state index is 4.23. The average Bonchev–Trinajstić information content (AvgIpc) is 2.93. The summed E-state index contributed by atoms with van der Waals surface area (Å²) in [6, 6.07) is 16.5. The summed E-state index contributed by atoms with van der Waals surface area (Å²) in [5.41, 5.74) is 4.22. The highest BCUT2D eigenvalue weighted by Gasteiger charge is 2.06. The first-order chi connectivity index (χ1) is 9.83. The summed E-state index contributed by atoms with van der Waals surface area (Å²) in [5.74, 6) is 0. The normalized spacial score (nSPS) is 10.9. The summed E-state index contributed by atoms with van der Waals surface area (Å²) in [5, 5.41) is 8.42. The van der Waals surface area contributed by atoms with Gasteiger partial charge in [-0.1, -0.05) is 17.3 Å². The number of para-hydroxylation sites is 1. The van der Waals surface area contributed by atoms with Gasteiger partial charge in [0.1, 0.15) is 5.52 Å². The number of hydrogen-bond acceptors (Lipinski definition) is 3. The zero-order chi connectivity index (χ0) is 13.9. The van der Waals surface area contributed by atoms with Crippen molar-refractivity contribution in [3.05, 3.63) is 48.5 Å². The molecule has 4 heteroatoms. The lowest BCUT2D eigenvalue weighted by molar-refractivity contribution is 0.822. The highest BCUT2D eigenvalue weighted by atomic mass is 15.4. The van der Waals surface area contributed by atoms with Gasteiger partial charge in [0.25, 0.3) is 0 Å². The van der Waals surface area contributed by atoms with E-state index in [2.05, 4.69) is 53.3 Å². The van der Waals surface area contributed by atoms with Crippen LogP contribution in [0, 0.1) is 0 Å². The van der Waals surface area contributed by atoms with Crippen LogP contribution in [-0.2, 0) is 0 Å². The van der Waals surface area contributed by atoms with Gasteiger partial charge in [-0.05, 0) is 50.2 Å². The smallest absolute Gasteiger partial charge is 0.113 e. The van der Waals surface area contributed by atoms with E-state index in [0.717, 1.165) is 29.8 Å². The molecule has 3 rings (SSSR count). The first-order valence-corrected chi connectivity index (χ1v) is 6.99. The Balaban J connectivity index is 1.99. The van der Waals surface area contributed by atoms with Gasteiger partial charge in [-0.15, -0.1) is 5.10 Å². The van der Waals surface area contributed by atoms with Crippen LogP contribution in [0.3, 0.4) is 0 Å². The Kier molecular flexibility index (Phi) is 3.37. The van der Waals surface area contributed by atoms with Gasteiger partial charge in [-0.2, -0.15) is 0 Å². The van der Waals surface area contributed by atoms with Crippen LogP contribution in [-0.4, -0.2) is 28.1 Å². The van der Waals surface area contributed by atoms with Gasteiger partial charge in [0.15, 0.2) is 0 Å². The molecule has 0 aliphatic carbocycles. The Labute approximate surface area is 118 Å². The molecule has 0 saturated carbocycles. The lowest BCUT2D eigenvalue weighted by atomic mass is 10.2. The molecule has 0 saturated heterocycles. The molecule has 0 aliphatic heterocycles. The fraction of sp³-hybridized carbons (Fsp3) is 0.250. The lowest BCUT2D eigenvalue weighted by Crippen LogP contribution is -2.21. The average molecular weight is 266 g/mol. The van der Waals surface area contributed by atoms with Crippen LogP contribution in [0.1, 0.15) is 13.8 Å². The van der Waals surface area contributed by atoms with Crippen LogP contribution >= 0.6 is 0 Å². The maximum absolute atomic E-state index is 4.23. The molecular formula is C16H18N4. The van der Waals surface area contributed by atoms with E-state index in [9.17, 15) is 0 Å². The minimum absolute atomic E-state index is 0.917. The summed E-state index contributed by atoms with van der Waals surface area (Å²) in [6.07, 6.45) is 0. The van der Waals surface area contributed by atoms with Gasteiger partial charge in [0.2, 0.25) is 0 Å². The minimum Gasteiger partial charge on any atom is -0.372 e. The molecule has 3 aromatic rings. The van der Waals surface area contributed by atoms with Crippen molar-refractivity contribution in [2.75, 3.05) is 18.0 Å². The topological polar surface area (TPSA) is 34.0 Å². The Bertz CT molecular complexity index is 696. The molecule has 0 amide bonds. The summed E-state index contributed by atoms with van der Waals surface area (Å²) >= 11 is 0. The number of aromatic nitrogens is 3. The predicted molar refractivity (Wildman–Crippen MR) is 82.4 cm³/mol. The highest BCUT2D eigenvalue weighted by Crippen LogP contribution is 2.20. The zero-order valence-corrected chi connectivity index (χ0v) is 11.8. The van der Waals surface area contributed by atoms with Crippen molar-refractivity contribution in [1.29, 1.82) is 0 Å². The van der Waals surface area contributed by atoms with Gasteiger partial charge in [0.05, 0.1) is 11.2 Å². The van der Waals surface area contributed by atoms with E-state index in [1.54, 1.807) is 0 Å². The van der Waals surface area contributed by atoms with Crippen molar-refractivity contribution in [1.82, 2.24) is 15.0 Å². The number of benzene rings is 2. The molecule has 4 nitrogen and oxygen atoms in total. The highest BCUT2D eigenvalue weighted by molar-refractivity contribution is 5.76. The second kappa shape index (κ2) is 5.33. The molecule has 2 aromatic carbocycles. The van der Waals surface area contributed by atoms with E-state index in [1.165, 1.54) is 5.69 Å². The summed E-state index contributed by atoms with van der Waals surface area (Å²) in [6.45, 7) is 6.37. The first-order valence-electron chi connectivity index (χ1n) is 6.99. The summed E-state index contributed by atoms with van der Waals surface area (Å²) in [7, 11) is 0. The summed E-state index contributed by atoms with van der Waals surface area (Å²) in [4.78, 5) is 2.32. The minimum atomic E-state index is 0.917. The van der Waals surface area contributed by atoms with E-state index < -0.39 is 0 Å². The van der Waals surface area contributed by atoms with Crippen molar-refractivity contribution >= 4 is 16.7 Å². The number of nitrogens with zero attached hydrogens (tertiary/aromatic N) is 4. The van der Waals surface area contributed by atoms with Crippen molar-refractivity contribution in [3.63, 3.8) is 0 Å². The van der Waals surface area contributed by atoms with Gasteiger partial charge in [-0.3, -0.25) is 0 Å². The van der Waals surface area contributed by atoms with Crippen LogP contribution in [0.5, 0.6) is 0 Å². The van der Waals surface area contributed by atoms with Crippen LogP contribution < -0.4 is 4.90 Å². The van der Waals surface area contributed by atoms with Crippen molar-refractivity contribution < 1.29 is 0 Å². The van der Waals surface area contributed by atoms with Crippen molar-refractivity contribution in [3.8, 4) is 5.69 Å². The largest absolute Gasteiger partial charge is 0.372 e. The Morgan fingerprint density at radius 1 is 0.950 bits per heavy atom. The van der Waals surface area contributed by atoms with Gasteiger partial charge < -0.3 is 4.90 Å². The molecule has 0 fully saturated rings. The monoisotopic (exact) mass is 266 g/mol. The molecule has 0 atom stereocenters. The van der Waals surface area contributed by atoms with E-state index >= 15 is 0 Å². The molecule has 0 bridgehead atoms. The molecule has 0 N–H and O–H groups in total. The Morgan fingerprint density at radius 2 is 1.65 bits per heavy atom. The lowest BCUT2D eigenvalue weighted by Gasteiger charge is -2.21. The van der Waals surface area contributed by atoms with E-state index in [4.69, 9.17) is 0 Å². The molecular weight excluding hydrogens is 248 g/mol. The standard InChI is InChI=1S/C16H18N4/c1-3-19(4-2)13-9-11-14(12-10-13)20-16-8-6-5-7-15(16)17-18-20/h5-12H,3-4H2,1-2H3. The van der Waals surface area contributed by atoms with Crippen LogP contribution in [0.25, 0.3) is 16.7 Å². The van der Waals surface area contributed by atoms with Gasteiger partial charge in [-0.25, -0.2) is 4.68 Å². The van der Waals surface area contributed by atoms with Crippen LogP contribution in [0.2, 0.25) is 0 Å². The third kappa shape index (κ3) is 2.13. The molecule has 102 valence electrons. The van der Waals surface area contributed by atoms with Crippen LogP contribution in [0.15, 0.2) is 48.5 Å². The number of anilines is 1. The fourth-order valence-corrected chi connectivity index (χ4v) is 2.45. The quantitative estimate of drug-likeness (QED) is 0.727. The molecule has 1 aromatic heterocycles. The SMILES string of the molecule is CCN(CC)c1ccc(-n2nnc3ccccc32)cc1. The van der Waals surface area contributed by atoms with E-state index in [0.29, 0.717) is 0 Å². The molecule has 1 heterocycles. The van der Waals surface area contributed by atoms with Crippen molar-refractivity contribution in [2.45, 2.75) is 13.8 Å². The molecule has 0 aliphatic rings. The number of rotatable bonds is 4. The molecule has 0 radical (unpaired) electrons. The number of hydrogen-bond donors (Lipinski definition) is 0. The number of fused-ring (bicyclic) bond motifs is 1. The Morgan fingerprint density at radius 3 is 2.35 bits per heavy atom.